The molecule has 3 N–H and O–H groups in total. The summed E-state index contributed by atoms with van der Waals surface area (Å²) in [6, 6.07) is 10.9. The van der Waals surface area contributed by atoms with Crippen molar-refractivity contribution >= 4 is 29.3 Å². The molecule has 7 nitrogen and oxygen atoms in total. The molecule has 1 atom stereocenters. The molecule has 1 aliphatic rings. The predicted octanol–water partition coefficient (Wildman–Crippen LogP) is 4.12. The molecule has 0 saturated carbocycles. The number of nitrogens with one attached hydrogen (secondary N) is 2. The number of amides is 2. The Balaban J connectivity index is 1.46. The normalized spacial score (nSPS) is 13.9. The monoisotopic (exact) mass is 455 g/mol. The van der Waals surface area contributed by atoms with Crippen molar-refractivity contribution in [2.75, 3.05) is 18.5 Å². The van der Waals surface area contributed by atoms with E-state index in [1.165, 1.54) is 12.1 Å². The minimum Gasteiger partial charge on any atom is -0.394 e. The van der Waals surface area contributed by atoms with Crippen LogP contribution in [0.3, 0.4) is 0 Å². The van der Waals surface area contributed by atoms with Gasteiger partial charge in [-0.3, -0.25) is 0 Å². The topological polar surface area (TPSA) is 90.4 Å². The number of aryl methyl sites for hydroxylation is 1. The number of halogens is 2. The SMILES string of the molecule is Cc1ccccc1Nc1ncc2c(n1)CN(C(=O)NC(CO)c1ccc(Cl)c(F)c1)CC2. The first kappa shape index (κ1) is 22.0. The lowest BCUT2D eigenvalue weighted by molar-refractivity contribution is 0.176. The number of aromatic nitrogens is 2. The zero-order valence-corrected chi connectivity index (χ0v) is 18.2. The number of nitrogens with zero attached hydrogens (tertiary/aromatic N) is 3. The number of rotatable bonds is 5. The van der Waals surface area contributed by atoms with E-state index in [2.05, 4.69) is 20.6 Å². The molecule has 32 heavy (non-hydrogen) atoms. The van der Waals surface area contributed by atoms with Crippen molar-refractivity contribution in [3.8, 4) is 0 Å². The van der Waals surface area contributed by atoms with E-state index in [4.69, 9.17) is 11.6 Å². The van der Waals surface area contributed by atoms with Crippen LogP contribution in [0.2, 0.25) is 5.02 Å². The first-order valence-electron chi connectivity index (χ1n) is 10.2. The van der Waals surface area contributed by atoms with Gasteiger partial charge < -0.3 is 20.6 Å². The number of urea groups is 1. The highest BCUT2D eigenvalue weighted by molar-refractivity contribution is 6.30. The highest BCUT2D eigenvalue weighted by atomic mass is 35.5. The van der Waals surface area contributed by atoms with Gasteiger partial charge in [-0.15, -0.1) is 0 Å². The molecule has 0 fully saturated rings. The third kappa shape index (κ3) is 4.81. The van der Waals surface area contributed by atoms with Crippen LogP contribution in [0.25, 0.3) is 0 Å². The summed E-state index contributed by atoms with van der Waals surface area (Å²) in [5, 5.41) is 15.7. The van der Waals surface area contributed by atoms with E-state index >= 15 is 0 Å². The number of aliphatic hydroxyl groups excluding tert-OH is 1. The highest BCUT2D eigenvalue weighted by Crippen LogP contribution is 2.23. The summed E-state index contributed by atoms with van der Waals surface area (Å²) in [5.41, 5.74) is 4.17. The summed E-state index contributed by atoms with van der Waals surface area (Å²) in [6.07, 6.45) is 2.40. The molecule has 166 valence electrons. The average Bonchev–Trinajstić information content (AvgIpc) is 2.80. The number of para-hydroxylation sites is 1. The van der Waals surface area contributed by atoms with Gasteiger partial charge in [-0.2, -0.15) is 0 Å². The lowest BCUT2D eigenvalue weighted by Crippen LogP contribution is -2.45. The van der Waals surface area contributed by atoms with Gasteiger partial charge in [0.15, 0.2) is 0 Å². The molecular formula is C23H23ClFN5O2. The zero-order chi connectivity index (χ0) is 22.7. The van der Waals surface area contributed by atoms with E-state index in [-0.39, 0.29) is 17.7 Å². The van der Waals surface area contributed by atoms with Crippen LogP contribution in [0, 0.1) is 12.7 Å². The van der Waals surface area contributed by atoms with Gasteiger partial charge in [0.25, 0.3) is 0 Å². The van der Waals surface area contributed by atoms with Gasteiger partial charge >= 0.3 is 6.03 Å². The Morgan fingerprint density at radius 2 is 2.12 bits per heavy atom. The maximum Gasteiger partial charge on any atom is 0.318 e. The molecule has 0 spiro atoms. The number of hydrogen-bond donors (Lipinski definition) is 3. The minimum absolute atomic E-state index is 0.0146. The van der Waals surface area contributed by atoms with E-state index in [0.29, 0.717) is 31.0 Å². The number of carbonyl (C=O) groups is 1. The number of anilines is 2. The van der Waals surface area contributed by atoms with Gasteiger partial charge in [0.05, 0.1) is 29.9 Å². The van der Waals surface area contributed by atoms with Crippen LogP contribution in [0.15, 0.2) is 48.7 Å². The lowest BCUT2D eigenvalue weighted by atomic mass is 10.1. The number of fused-ring (bicyclic) bond motifs is 1. The predicted molar refractivity (Wildman–Crippen MR) is 120 cm³/mol. The van der Waals surface area contributed by atoms with E-state index < -0.39 is 11.9 Å². The molecule has 2 heterocycles. The van der Waals surface area contributed by atoms with E-state index in [1.54, 1.807) is 17.2 Å². The van der Waals surface area contributed by atoms with Crippen LogP contribution in [-0.4, -0.2) is 39.2 Å². The van der Waals surface area contributed by atoms with Gasteiger partial charge in [-0.25, -0.2) is 19.2 Å². The Labute approximate surface area is 190 Å². The van der Waals surface area contributed by atoms with Gasteiger partial charge in [0.1, 0.15) is 5.82 Å². The maximum absolute atomic E-state index is 13.8. The Morgan fingerprint density at radius 1 is 1.31 bits per heavy atom. The van der Waals surface area contributed by atoms with Crippen LogP contribution in [0.1, 0.15) is 28.4 Å². The van der Waals surface area contributed by atoms with Crippen molar-refractivity contribution < 1.29 is 14.3 Å². The summed E-state index contributed by atoms with van der Waals surface area (Å²) in [7, 11) is 0. The highest BCUT2D eigenvalue weighted by Gasteiger charge is 2.25. The number of benzene rings is 2. The number of carbonyl (C=O) groups excluding carboxylic acids is 1. The molecule has 0 aliphatic carbocycles. The maximum atomic E-state index is 13.8. The molecule has 2 amide bonds. The van der Waals surface area contributed by atoms with Crippen molar-refractivity contribution in [2.45, 2.75) is 25.9 Å². The second kappa shape index (κ2) is 9.50. The molecule has 0 saturated heterocycles. The first-order chi connectivity index (χ1) is 15.4. The molecule has 3 aromatic rings. The summed E-state index contributed by atoms with van der Waals surface area (Å²) in [4.78, 5) is 23.5. The second-order valence-electron chi connectivity index (χ2n) is 7.64. The van der Waals surface area contributed by atoms with E-state index in [9.17, 15) is 14.3 Å². The standard InChI is InChI=1S/C23H23ClFN5O2/c1-14-4-2-3-5-19(14)27-22-26-11-16-8-9-30(12-20(16)28-22)23(32)29-21(13-31)15-6-7-17(24)18(25)10-15/h2-7,10-11,21,31H,8-9,12-13H2,1H3,(H,29,32)(H,26,27,28). The molecule has 1 unspecified atom stereocenters. The van der Waals surface area contributed by atoms with Crippen molar-refractivity contribution in [3.63, 3.8) is 0 Å². The Hall–Kier alpha value is -3.23. The van der Waals surface area contributed by atoms with Gasteiger partial charge in [0.2, 0.25) is 5.95 Å². The van der Waals surface area contributed by atoms with E-state index in [0.717, 1.165) is 22.5 Å². The smallest absolute Gasteiger partial charge is 0.318 e. The molecule has 0 radical (unpaired) electrons. The Morgan fingerprint density at radius 3 is 2.88 bits per heavy atom. The summed E-state index contributed by atoms with van der Waals surface area (Å²) in [5.74, 6) is -0.140. The third-order valence-corrected chi connectivity index (χ3v) is 5.76. The molecule has 1 aliphatic heterocycles. The number of hydrogen-bond acceptors (Lipinski definition) is 5. The summed E-state index contributed by atoms with van der Waals surface area (Å²) >= 11 is 5.73. The molecule has 2 aromatic carbocycles. The number of aliphatic hydroxyl groups is 1. The lowest BCUT2D eigenvalue weighted by Gasteiger charge is -2.30. The molecule has 0 bridgehead atoms. The molecule has 1 aromatic heterocycles. The quantitative estimate of drug-likeness (QED) is 0.538. The van der Waals surface area contributed by atoms with Crippen molar-refractivity contribution in [3.05, 3.63) is 81.9 Å². The van der Waals surface area contributed by atoms with Crippen molar-refractivity contribution in [1.29, 1.82) is 0 Å². The van der Waals surface area contributed by atoms with Crippen molar-refractivity contribution in [1.82, 2.24) is 20.2 Å². The Kier molecular flexibility index (Phi) is 6.53. The van der Waals surface area contributed by atoms with Crippen LogP contribution >= 0.6 is 11.6 Å². The van der Waals surface area contributed by atoms with Gasteiger partial charge in [-0.05, 0) is 48.2 Å². The summed E-state index contributed by atoms with van der Waals surface area (Å²) in [6.45, 7) is 2.42. The fourth-order valence-electron chi connectivity index (χ4n) is 3.57. The van der Waals surface area contributed by atoms with Crippen LogP contribution in [0.4, 0.5) is 20.8 Å². The fourth-order valence-corrected chi connectivity index (χ4v) is 3.69. The summed E-state index contributed by atoms with van der Waals surface area (Å²) < 4.78 is 13.8. The zero-order valence-electron chi connectivity index (χ0n) is 17.5. The van der Waals surface area contributed by atoms with Crippen LogP contribution in [0.5, 0.6) is 0 Å². The third-order valence-electron chi connectivity index (χ3n) is 5.45. The molecule has 4 rings (SSSR count). The largest absolute Gasteiger partial charge is 0.394 e. The Bertz CT molecular complexity index is 1140. The minimum atomic E-state index is -0.751. The van der Waals surface area contributed by atoms with E-state index in [1.807, 2.05) is 31.2 Å². The second-order valence-corrected chi connectivity index (χ2v) is 8.04. The van der Waals surface area contributed by atoms with Crippen LogP contribution in [-0.2, 0) is 13.0 Å². The van der Waals surface area contributed by atoms with Gasteiger partial charge in [-0.1, -0.05) is 35.9 Å². The van der Waals surface area contributed by atoms with Crippen LogP contribution < -0.4 is 10.6 Å². The first-order valence-corrected chi connectivity index (χ1v) is 10.6. The average molecular weight is 456 g/mol. The molecule has 9 heteroatoms. The molecular weight excluding hydrogens is 433 g/mol. The van der Waals surface area contributed by atoms with Gasteiger partial charge in [0, 0.05) is 18.4 Å². The fraction of sp³-hybridized carbons (Fsp3) is 0.261. The van der Waals surface area contributed by atoms with Crippen molar-refractivity contribution in [2.24, 2.45) is 0 Å².